The van der Waals surface area contributed by atoms with E-state index in [0.717, 1.165) is 40.2 Å². The minimum absolute atomic E-state index is 0.226. The summed E-state index contributed by atoms with van der Waals surface area (Å²) < 4.78 is 0. The number of aromatic hydroxyl groups is 1. The molecule has 0 unspecified atom stereocenters. The first-order valence-corrected chi connectivity index (χ1v) is 10.6. The van der Waals surface area contributed by atoms with Crippen LogP contribution in [-0.2, 0) is 6.42 Å². The van der Waals surface area contributed by atoms with E-state index >= 15 is 0 Å². The summed E-state index contributed by atoms with van der Waals surface area (Å²) in [4.78, 5) is 9.45. The van der Waals surface area contributed by atoms with E-state index in [1.54, 1.807) is 6.07 Å². The number of hydrogen-bond acceptors (Lipinski definition) is 3. The molecule has 3 aromatic carbocycles. The first kappa shape index (κ1) is 19.7. The molecule has 0 spiro atoms. The molecule has 0 atom stereocenters. The molecule has 2 heterocycles. The van der Waals surface area contributed by atoms with Gasteiger partial charge in [-0.3, -0.25) is 4.98 Å². The molecule has 0 aliphatic rings. The molecule has 0 aliphatic heterocycles. The van der Waals surface area contributed by atoms with Crippen LogP contribution in [0.4, 0.5) is 0 Å². The van der Waals surface area contributed by atoms with Crippen LogP contribution in [0.5, 0.6) is 5.75 Å². The van der Waals surface area contributed by atoms with Gasteiger partial charge >= 0.3 is 0 Å². The Labute approximate surface area is 187 Å². The zero-order chi connectivity index (χ0) is 21.8. The Kier molecular flexibility index (Phi) is 5.46. The number of phenolic OH excluding ortho intramolecular Hbond substituents is 1. The Morgan fingerprint density at radius 2 is 1.34 bits per heavy atom. The van der Waals surface area contributed by atoms with Crippen LogP contribution in [0.2, 0.25) is 0 Å². The van der Waals surface area contributed by atoms with Gasteiger partial charge in [0.25, 0.3) is 0 Å². The highest BCUT2D eigenvalue weighted by atomic mass is 16.3. The topological polar surface area (TPSA) is 46.0 Å². The summed E-state index contributed by atoms with van der Waals surface area (Å²) in [5.41, 5.74) is 7.86. The third kappa shape index (κ3) is 4.14. The Morgan fingerprint density at radius 3 is 2.16 bits per heavy atom. The van der Waals surface area contributed by atoms with Crippen molar-refractivity contribution in [3.05, 3.63) is 127 Å². The number of nitrogens with zero attached hydrogens (tertiary/aromatic N) is 2. The number of phenols is 1. The Morgan fingerprint density at radius 1 is 0.594 bits per heavy atom. The van der Waals surface area contributed by atoms with Crippen molar-refractivity contribution in [1.82, 2.24) is 9.97 Å². The first-order valence-electron chi connectivity index (χ1n) is 10.6. The lowest BCUT2D eigenvalue weighted by Crippen LogP contribution is -1.96. The van der Waals surface area contributed by atoms with Crippen LogP contribution in [0, 0.1) is 0 Å². The highest BCUT2D eigenvalue weighted by molar-refractivity contribution is 5.75. The van der Waals surface area contributed by atoms with Gasteiger partial charge in [-0.15, -0.1) is 0 Å². The molecule has 0 amide bonds. The number of benzene rings is 3. The number of aromatic nitrogens is 2. The van der Waals surface area contributed by atoms with E-state index < -0.39 is 0 Å². The van der Waals surface area contributed by atoms with Crippen molar-refractivity contribution in [2.24, 2.45) is 0 Å². The van der Waals surface area contributed by atoms with Gasteiger partial charge in [-0.1, -0.05) is 66.7 Å². The maximum absolute atomic E-state index is 10.2. The second-order valence-corrected chi connectivity index (χ2v) is 7.67. The first-order chi connectivity index (χ1) is 15.8. The van der Waals surface area contributed by atoms with Crippen molar-refractivity contribution in [3.8, 4) is 39.5 Å². The van der Waals surface area contributed by atoms with E-state index in [-0.39, 0.29) is 5.75 Å². The van der Waals surface area contributed by atoms with Gasteiger partial charge in [0.1, 0.15) is 5.75 Å². The summed E-state index contributed by atoms with van der Waals surface area (Å²) in [5, 5.41) is 10.2. The maximum atomic E-state index is 10.2. The van der Waals surface area contributed by atoms with Crippen molar-refractivity contribution in [1.29, 1.82) is 0 Å². The fraction of sp³-hybridized carbons (Fsp3) is 0.0345. The highest BCUT2D eigenvalue weighted by Crippen LogP contribution is 2.32. The fourth-order valence-corrected chi connectivity index (χ4v) is 3.90. The van der Waals surface area contributed by atoms with Crippen LogP contribution < -0.4 is 0 Å². The summed E-state index contributed by atoms with van der Waals surface area (Å²) in [6, 6.07) is 36.1. The lowest BCUT2D eigenvalue weighted by Gasteiger charge is -2.13. The zero-order valence-electron chi connectivity index (χ0n) is 17.5. The predicted octanol–water partition coefficient (Wildman–Crippen LogP) is 6.77. The normalized spacial score (nSPS) is 10.8. The lowest BCUT2D eigenvalue weighted by molar-refractivity contribution is 0.477. The molecule has 0 fully saturated rings. The summed E-state index contributed by atoms with van der Waals surface area (Å²) in [6.45, 7) is 0. The van der Waals surface area contributed by atoms with E-state index in [2.05, 4.69) is 47.4 Å². The number of pyridine rings is 2. The molecule has 32 heavy (non-hydrogen) atoms. The molecule has 3 heteroatoms. The molecule has 0 aliphatic carbocycles. The van der Waals surface area contributed by atoms with Crippen molar-refractivity contribution in [2.75, 3.05) is 0 Å². The molecule has 3 nitrogen and oxygen atoms in total. The summed E-state index contributed by atoms with van der Waals surface area (Å²) in [5.74, 6) is 0.226. The second-order valence-electron chi connectivity index (χ2n) is 7.67. The van der Waals surface area contributed by atoms with Crippen LogP contribution in [0.25, 0.3) is 33.8 Å². The SMILES string of the molecule is Oc1ccccc1-c1cccc(-c2ccc(Cc3ccccc3)c(-c3ccccn3)c2)n1. The van der Waals surface area contributed by atoms with Gasteiger partial charge in [0.2, 0.25) is 0 Å². The van der Waals surface area contributed by atoms with Gasteiger partial charge in [-0.05, 0) is 60.0 Å². The average Bonchev–Trinajstić information content (AvgIpc) is 2.86. The fourth-order valence-electron chi connectivity index (χ4n) is 3.90. The second kappa shape index (κ2) is 8.86. The molecule has 0 bridgehead atoms. The Bertz CT molecular complexity index is 1350. The van der Waals surface area contributed by atoms with Crippen molar-refractivity contribution >= 4 is 0 Å². The minimum Gasteiger partial charge on any atom is -0.507 e. The number of para-hydroxylation sites is 1. The zero-order valence-corrected chi connectivity index (χ0v) is 17.5. The quantitative estimate of drug-likeness (QED) is 0.345. The summed E-state index contributed by atoms with van der Waals surface area (Å²) in [7, 11) is 0. The number of hydrogen-bond donors (Lipinski definition) is 1. The molecule has 0 saturated heterocycles. The maximum Gasteiger partial charge on any atom is 0.124 e. The molecule has 5 aromatic rings. The molecule has 0 saturated carbocycles. The minimum atomic E-state index is 0.226. The predicted molar refractivity (Wildman–Crippen MR) is 129 cm³/mol. The van der Waals surface area contributed by atoms with Crippen LogP contribution in [0.1, 0.15) is 11.1 Å². The van der Waals surface area contributed by atoms with Gasteiger partial charge in [-0.2, -0.15) is 0 Å². The monoisotopic (exact) mass is 414 g/mol. The molecular formula is C29H22N2O. The van der Waals surface area contributed by atoms with Crippen molar-refractivity contribution in [2.45, 2.75) is 6.42 Å². The van der Waals surface area contributed by atoms with Crippen LogP contribution in [-0.4, -0.2) is 15.1 Å². The van der Waals surface area contributed by atoms with E-state index in [0.29, 0.717) is 0 Å². The van der Waals surface area contributed by atoms with Gasteiger partial charge in [-0.25, -0.2) is 4.98 Å². The van der Waals surface area contributed by atoms with Gasteiger partial charge in [0.15, 0.2) is 0 Å². The van der Waals surface area contributed by atoms with Gasteiger partial charge in [0.05, 0.1) is 17.1 Å². The van der Waals surface area contributed by atoms with E-state index in [4.69, 9.17) is 4.98 Å². The molecular weight excluding hydrogens is 392 g/mol. The molecule has 2 aromatic heterocycles. The summed E-state index contributed by atoms with van der Waals surface area (Å²) >= 11 is 0. The summed E-state index contributed by atoms with van der Waals surface area (Å²) in [6.07, 6.45) is 2.66. The van der Waals surface area contributed by atoms with Crippen LogP contribution >= 0.6 is 0 Å². The third-order valence-electron chi connectivity index (χ3n) is 5.51. The third-order valence-corrected chi connectivity index (χ3v) is 5.51. The average molecular weight is 415 g/mol. The van der Waals surface area contributed by atoms with Crippen molar-refractivity contribution < 1.29 is 5.11 Å². The smallest absolute Gasteiger partial charge is 0.124 e. The van der Waals surface area contributed by atoms with Crippen molar-refractivity contribution in [3.63, 3.8) is 0 Å². The molecule has 0 radical (unpaired) electrons. The Balaban J connectivity index is 1.59. The van der Waals surface area contributed by atoms with Crippen LogP contribution in [0.3, 0.4) is 0 Å². The molecule has 154 valence electrons. The van der Waals surface area contributed by atoms with Gasteiger partial charge in [0, 0.05) is 22.9 Å². The van der Waals surface area contributed by atoms with E-state index in [1.807, 2.05) is 66.9 Å². The molecule has 1 N–H and O–H groups in total. The van der Waals surface area contributed by atoms with E-state index in [1.165, 1.54) is 11.1 Å². The van der Waals surface area contributed by atoms with E-state index in [9.17, 15) is 5.11 Å². The standard InChI is InChI=1S/C29H22N2O/c32-29-15-5-4-11-24(29)28-14-8-13-26(31-28)23-17-16-22(19-21-9-2-1-3-10-21)25(20-23)27-12-6-7-18-30-27/h1-18,20,32H,19H2. The number of rotatable bonds is 5. The van der Waals surface area contributed by atoms with Crippen LogP contribution in [0.15, 0.2) is 115 Å². The lowest BCUT2D eigenvalue weighted by atomic mass is 9.94. The molecule has 5 rings (SSSR count). The Hall–Kier alpha value is -4.24. The highest BCUT2D eigenvalue weighted by Gasteiger charge is 2.12. The van der Waals surface area contributed by atoms with Gasteiger partial charge < -0.3 is 5.11 Å². The largest absolute Gasteiger partial charge is 0.507 e.